The predicted molar refractivity (Wildman–Crippen MR) is 65.0 cm³/mol. The number of nitrogens with two attached hydrogens (primary N) is 2. The molecule has 142 valence electrons. The Kier molecular flexibility index (Phi) is 9.00. The van der Waals surface area contributed by atoms with Crippen LogP contribution < -0.4 is 11.5 Å². The normalized spacial score (nSPS) is 22.5. The second kappa shape index (κ2) is 8.43. The third-order valence-electron chi connectivity index (χ3n) is 2.21. The maximum atomic E-state index is 10.7. The summed E-state index contributed by atoms with van der Waals surface area (Å²) in [5, 5.41) is 0. The second-order valence-electron chi connectivity index (χ2n) is 4.10. The molecule has 0 aromatic rings. The summed E-state index contributed by atoms with van der Waals surface area (Å²) in [5.74, 6) is 0. The van der Waals surface area contributed by atoms with Crippen LogP contribution >= 0.6 is 0 Å². The first-order valence-electron chi connectivity index (χ1n) is 5.39. The SMILES string of the molecule is NC1CCCC1N.O=S(=O)(O)C(F)(F)F.O=S(=O)(O)C(F)(F)F. The van der Waals surface area contributed by atoms with Crippen molar-refractivity contribution in [3.8, 4) is 0 Å². The van der Waals surface area contributed by atoms with Crippen molar-refractivity contribution < 1.29 is 52.3 Å². The highest BCUT2D eigenvalue weighted by molar-refractivity contribution is 7.86. The van der Waals surface area contributed by atoms with Crippen molar-refractivity contribution in [1.82, 2.24) is 0 Å². The molecule has 0 heterocycles. The minimum Gasteiger partial charge on any atom is -0.326 e. The molecule has 23 heavy (non-hydrogen) atoms. The molecule has 0 spiro atoms. The van der Waals surface area contributed by atoms with Crippen LogP contribution in [0.15, 0.2) is 0 Å². The smallest absolute Gasteiger partial charge is 0.326 e. The molecule has 6 N–H and O–H groups in total. The molecule has 0 aromatic carbocycles. The standard InChI is InChI=1S/C5H12N2.2CHF3O3S/c6-4-2-1-3-5(4)7;2*2-1(3,4)8(5,6)7/h4-5H,1-3,6-7H2;2*(H,5,6,7). The first-order valence-corrected chi connectivity index (χ1v) is 8.27. The van der Waals surface area contributed by atoms with Gasteiger partial charge in [0.05, 0.1) is 0 Å². The number of rotatable bonds is 0. The van der Waals surface area contributed by atoms with Crippen molar-refractivity contribution in [2.24, 2.45) is 11.5 Å². The Morgan fingerprint density at radius 3 is 0.957 bits per heavy atom. The van der Waals surface area contributed by atoms with E-state index in [1.807, 2.05) is 0 Å². The minimum absolute atomic E-state index is 0.292. The van der Waals surface area contributed by atoms with E-state index in [1.165, 1.54) is 6.42 Å². The third kappa shape index (κ3) is 10.7. The van der Waals surface area contributed by atoms with Gasteiger partial charge in [-0.2, -0.15) is 43.2 Å². The van der Waals surface area contributed by atoms with Gasteiger partial charge in [0.1, 0.15) is 0 Å². The van der Waals surface area contributed by atoms with Crippen LogP contribution in [0.2, 0.25) is 0 Å². The Hall–Kier alpha value is -0.680. The molecule has 0 bridgehead atoms. The number of halogens is 6. The summed E-state index contributed by atoms with van der Waals surface area (Å²) in [5.41, 5.74) is 0.0370. The van der Waals surface area contributed by atoms with E-state index < -0.39 is 31.3 Å². The van der Waals surface area contributed by atoms with Crippen LogP contribution in [-0.4, -0.2) is 49.0 Å². The Balaban J connectivity index is 0. The molecule has 1 saturated carbocycles. The Bertz CT molecular complexity index is 507. The Labute approximate surface area is 127 Å². The average Bonchev–Trinajstić information content (AvgIpc) is 2.59. The van der Waals surface area contributed by atoms with Gasteiger partial charge in [0.2, 0.25) is 0 Å². The van der Waals surface area contributed by atoms with Crippen LogP contribution in [0, 0.1) is 0 Å². The zero-order chi connectivity index (χ0) is 19.3. The molecule has 0 amide bonds. The highest BCUT2D eigenvalue weighted by Gasteiger charge is 2.45. The number of alkyl halides is 6. The van der Waals surface area contributed by atoms with Crippen molar-refractivity contribution in [2.45, 2.75) is 42.4 Å². The molecular formula is C7H14F6N2O6S2. The van der Waals surface area contributed by atoms with Gasteiger partial charge in [0.25, 0.3) is 0 Å². The van der Waals surface area contributed by atoms with E-state index >= 15 is 0 Å². The lowest BCUT2D eigenvalue weighted by molar-refractivity contribution is -0.0514. The zero-order valence-electron chi connectivity index (χ0n) is 11.0. The van der Waals surface area contributed by atoms with Crippen LogP contribution in [-0.2, 0) is 20.2 Å². The molecule has 1 rings (SSSR count). The van der Waals surface area contributed by atoms with E-state index in [0.717, 1.165) is 12.8 Å². The predicted octanol–water partition coefficient (Wildman–Crippen LogP) is 0.613. The molecule has 0 aromatic heterocycles. The Morgan fingerprint density at radius 1 is 0.739 bits per heavy atom. The van der Waals surface area contributed by atoms with Crippen molar-refractivity contribution in [3.05, 3.63) is 0 Å². The molecule has 16 heteroatoms. The zero-order valence-corrected chi connectivity index (χ0v) is 12.7. The fourth-order valence-corrected chi connectivity index (χ4v) is 1.02. The van der Waals surface area contributed by atoms with Gasteiger partial charge in [-0.15, -0.1) is 0 Å². The lowest BCUT2D eigenvalue weighted by Crippen LogP contribution is -2.35. The summed E-state index contributed by atoms with van der Waals surface area (Å²) >= 11 is 0. The van der Waals surface area contributed by atoms with E-state index in [4.69, 9.17) is 37.4 Å². The van der Waals surface area contributed by atoms with Crippen LogP contribution in [0.25, 0.3) is 0 Å². The lowest BCUT2D eigenvalue weighted by Gasteiger charge is -2.05. The quantitative estimate of drug-likeness (QED) is 0.261. The third-order valence-corrected chi connectivity index (χ3v) is 3.38. The average molecular weight is 400 g/mol. The van der Waals surface area contributed by atoms with Crippen molar-refractivity contribution in [1.29, 1.82) is 0 Å². The molecule has 2 atom stereocenters. The summed E-state index contributed by atoms with van der Waals surface area (Å²) in [4.78, 5) is 0. The molecule has 0 saturated heterocycles. The molecule has 2 unspecified atom stereocenters. The summed E-state index contributed by atoms with van der Waals surface area (Å²) in [6.45, 7) is 0. The molecular weight excluding hydrogens is 386 g/mol. The van der Waals surface area contributed by atoms with E-state index in [0.29, 0.717) is 12.1 Å². The summed E-state index contributed by atoms with van der Waals surface area (Å²) < 4.78 is 115. The molecule has 8 nitrogen and oxygen atoms in total. The van der Waals surface area contributed by atoms with E-state index in [9.17, 15) is 26.3 Å². The van der Waals surface area contributed by atoms with E-state index in [2.05, 4.69) is 0 Å². The second-order valence-corrected chi connectivity index (χ2v) is 6.93. The van der Waals surface area contributed by atoms with Gasteiger partial charge in [0.15, 0.2) is 0 Å². The maximum Gasteiger partial charge on any atom is 0.522 e. The van der Waals surface area contributed by atoms with Gasteiger partial charge in [0, 0.05) is 12.1 Å². The first kappa shape index (κ1) is 24.6. The van der Waals surface area contributed by atoms with Gasteiger partial charge in [-0.3, -0.25) is 9.11 Å². The highest BCUT2D eigenvalue weighted by atomic mass is 32.2. The van der Waals surface area contributed by atoms with Crippen LogP contribution in [0.4, 0.5) is 26.3 Å². The molecule has 0 radical (unpaired) electrons. The van der Waals surface area contributed by atoms with Crippen LogP contribution in [0.1, 0.15) is 19.3 Å². The maximum absolute atomic E-state index is 10.7. The van der Waals surface area contributed by atoms with Crippen LogP contribution in [0.3, 0.4) is 0 Å². The van der Waals surface area contributed by atoms with Gasteiger partial charge < -0.3 is 11.5 Å². The van der Waals surface area contributed by atoms with Gasteiger partial charge in [-0.25, -0.2) is 0 Å². The summed E-state index contributed by atoms with van der Waals surface area (Å²) in [6, 6.07) is 0.583. The summed E-state index contributed by atoms with van der Waals surface area (Å²) in [7, 11) is -11.7. The first-order chi connectivity index (χ1) is 9.80. The number of hydrogen-bond acceptors (Lipinski definition) is 6. The molecule has 0 aliphatic heterocycles. The Morgan fingerprint density at radius 2 is 0.913 bits per heavy atom. The largest absolute Gasteiger partial charge is 0.522 e. The van der Waals surface area contributed by atoms with Gasteiger partial charge in [-0.05, 0) is 12.8 Å². The lowest BCUT2D eigenvalue weighted by atomic mass is 10.2. The monoisotopic (exact) mass is 400 g/mol. The van der Waals surface area contributed by atoms with Crippen molar-refractivity contribution in [3.63, 3.8) is 0 Å². The molecule has 1 aliphatic rings. The minimum atomic E-state index is -5.84. The van der Waals surface area contributed by atoms with E-state index in [1.54, 1.807) is 0 Å². The van der Waals surface area contributed by atoms with Crippen molar-refractivity contribution in [2.75, 3.05) is 0 Å². The summed E-state index contributed by atoms with van der Waals surface area (Å²) in [6.07, 6.45) is 3.48. The van der Waals surface area contributed by atoms with Gasteiger partial charge in [-0.1, -0.05) is 6.42 Å². The van der Waals surface area contributed by atoms with Crippen molar-refractivity contribution >= 4 is 20.2 Å². The number of hydrogen-bond donors (Lipinski definition) is 4. The molecule has 1 fully saturated rings. The van der Waals surface area contributed by atoms with E-state index in [-0.39, 0.29) is 0 Å². The fourth-order valence-electron chi connectivity index (χ4n) is 1.02. The molecule has 1 aliphatic carbocycles. The topological polar surface area (TPSA) is 161 Å². The van der Waals surface area contributed by atoms with Crippen LogP contribution in [0.5, 0.6) is 0 Å². The highest BCUT2D eigenvalue weighted by Crippen LogP contribution is 2.21. The van der Waals surface area contributed by atoms with Gasteiger partial charge >= 0.3 is 31.3 Å². The fraction of sp³-hybridized carbons (Fsp3) is 1.00.